The Morgan fingerprint density at radius 2 is 2.12 bits per heavy atom. The summed E-state index contributed by atoms with van der Waals surface area (Å²) in [6.07, 6.45) is 11.9. The van der Waals surface area contributed by atoms with Gasteiger partial charge in [-0.25, -0.2) is 9.98 Å². The largest absolute Gasteiger partial charge is 0.379 e. The molecule has 78 valence electrons. The monoisotopic (exact) mass is 211 g/mol. The molecule has 0 saturated carbocycles. The van der Waals surface area contributed by atoms with Gasteiger partial charge in [-0.3, -0.25) is 4.79 Å². The second kappa shape index (κ2) is 3.13. The Bertz CT molecular complexity index is 559. The minimum atomic E-state index is -0.460. The number of rotatable bonds is 0. The molecule has 0 aromatic rings. The van der Waals surface area contributed by atoms with E-state index < -0.39 is 5.91 Å². The number of hydrogen-bond acceptors (Lipinski definition) is 3. The first kappa shape index (κ1) is 9.03. The number of amides is 1. The second-order valence-electron chi connectivity index (χ2n) is 3.77. The number of nitrogens with zero attached hydrogens (tertiary/aromatic N) is 2. The van der Waals surface area contributed by atoms with Gasteiger partial charge in [-0.1, -0.05) is 24.3 Å². The number of carbonyl (C=O) groups excluding carboxylic acids is 1. The summed E-state index contributed by atoms with van der Waals surface area (Å²) in [6, 6.07) is 0. The van der Waals surface area contributed by atoms with Crippen LogP contribution < -0.4 is 5.73 Å². The van der Waals surface area contributed by atoms with E-state index in [0.717, 1.165) is 5.57 Å². The lowest BCUT2D eigenvalue weighted by atomic mass is 9.87. The first-order valence-corrected chi connectivity index (χ1v) is 5.00. The molecule has 0 aromatic heterocycles. The fourth-order valence-corrected chi connectivity index (χ4v) is 1.88. The highest BCUT2D eigenvalue weighted by Gasteiger charge is 2.23. The number of nitrogens with two attached hydrogens (primary N) is 1. The summed E-state index contributed by atoms with van der Waals surface area (Å²) >= 11 is 0. The van der Waals surface area contributed by atoms with Crippen LogP contribution in [-0.4, -0.2) is 17.5 Å². The highest BCUT2D eigenvalue weighted by atomic mass is 16.1. The van der Waals surface area contributed by atoms with E-state index in [4.69, 9.17) is 5.73 Å². The number of amidine groups is 1. The third kappa shape index (κ3) is 1.27. The minimum Gasteiger partial charge on any atom is -0.379 e. The van der Waals surface area contributed by atoms with Gasteiger partial charge in [0.25, 0.3) is 0 Å². The third-order valence-electron chi connectivity index (χ3n) is 2.69. The molecule has 3 aliphatic rings. The summed E-state index contributed by atoms with van der Waals surface area (Å²) in [7, 11) is 0. The van der Waals surface area contributed by atoms with Crippen LogP contribution in [0.2, 0.25) is 0 Å². The third-order valence-corrected chi connectivity index (χ3v) is 2.69. The average Bonchev–Trinajstić information content (AvgIpc) is 2.28. The predicted octanol–water partition coefficient (Wildman–Crippen LogP) is 0.891. The standard InChI is InChI=1S/C12H9N3O/c13-11-12(16)15-10-6-8-4-2-1-3-7(8)5-9(10)14-11/h1-7H,(H2,13,14). The topological polar surface area (TPSA) is 67.8 Å². The molecule has 1 unspecified atom stereocenters. The Labute approximate surface area is 92.3 Å². The second-order valence-corrected chi connectivity index (χ2v) is 3.77. The molecule has 1 aliphatic heterocycles. The van der Waals surface area contributed by atoms with E-state index in [1.807, 2.05) is 30.4 Å². The van der Waals surface area contributed by atoms with Crippen molar-refractivity contribution < 1.29 is 4.79 Å². The molecular formula is C12H9N3O. The molecule has 2 N–H and O–H groups in total. The Hall–Kier alpha value is -2.23. The van der Waals surface area contributed by atoms with Crippen molar-refractivity contribution in [1.82, 2.24) is 0 Å². The van der Waals surface area contributed by atoms with Crippen molar-refractivity contribution in [2.75, 3.05) is 0 Å². The molecule has 0 radical (unpaired) electrons. The van der Waals surface area contributed by atoms with Crippen LogP contribution in [0.25, 0.3) is 0 Å². The fraction of sp³-hybridized carbons (Fsp3) is 0.0833. The minimum absolute atomic E-state index is 0.0396. The van der Waals surface area contributed by atoms with Gasteiger partial charge in [-0.2, -0.15) is 0 Å². The molecule has 1 heterocycles. The SMILES string of the molecule is NC1=NC2=CC3C=CC=CC3=CC2=NC1=O. The van der Waals surface area contributed by atoms with Gasteiger partial charge in [0.05, 0.1) is 11.4 Å². The molecule has 0 saturated heterocycles. The zero-order valence-electron chi connectivity index (χ0n) is 8.42. The molecule has 0 bridgehead atoms. The molecule has 4 nitrogen and oxygen atoms in total. The molecule has 4 heteroatoms. The molecule has 1 amide bonds. The number of allylic oxidation sites excluding steroid dienone is 7. The van der Waals surface area contributed by atoms with Crippen LogP contribution in [0.5, 0.6) is 0 Å². The van der Waals surface area contributed by atoms with Crippen molar-refractivity contribution in [2.45, 2.75) is 0 Å². The maximum Gasteiger partial charge on any atom is 0.312 e. The summed E-state index contributed by atoms with van der Waals surface area (Å²) in [5.41, 5.74) is 7.86. The van der Waals surface area contributed by atoms with Gasteiger partial charge < -0.3 is 5.73 Å². The number of aliphatic imine (C=N–C) groups is 2. The lowest BCUT2D eigenvalue weighted by molar-refractivity contribution is -0.111. The highest BCUT2D eigenvalue weighted by molar-refractivity contribution is 6.43. The van der Waals surface area contributed by atoms with Crippen molar-refractivity contribution in [1.29, 1.82) is 0 Å². The number of hydrogen-bond donors (Lipinski definition) is 1. The lowest BCUT2D eigenvalue weighted by Gasteiger charge is -2.21. The Morgan fingerprint density at radius 3 is 3.00 bits per heavy atom. The van der Waals surface area contributed by atoms with Crippen molar-refractivity contribution in [2.24, 2.45) is 21.6 Å². The molecule has 0 aromatic carbocycles. The summed E-state index contributed by atoms with van der Waals surface area (Å²) in [5.74, 6) is -0.288. The van der Waals surface area contributed by atoms with Gasteiger partial charge in [0.2, 0.25) is 0 Å². The summed E-state index contributed by atoms with van der Waals surface area (Å²) in [5, 5.41) is 0. The van der Waals surface area contributed by atoms with E-state index in [0.29, 0.717) is 11.4 Å². The van der Waals surface area contributed by atoms with Gasteiger partial charge in [0, 0.05) is 5.92 Å². The van der Waals surface area contributed by atoms with Crippen LogP contribution in [0.3, 0.4) is 0 Å². The summed E-state index contributed by atoms with van der Waals surface area (Å²) in [6.45, 7) is 0. The van der Waals surface area contributed by atoms with Crippen LogP contribution in [0.15, 0.2) is 57.7 Å². The van der Waals surface area contributed by atoms with E-state index in [9.17, 15) is 4.79 Å². The van der Waals surface area contributed by atoms with Crippen LogP contribution in [0.4, 0.5) is 0 Å². The molecular weight excluding hydrogens is 202 g/mol. The van der Waals surface area contributed by atoms with E-state index in [-0.39, 0.29) is 11.8 Å². The van der Waals surface area contributed by atoms with Gasteiger partial charge in [0.1, 0.15) is 0 Å². The Kier molecular flexibility index (Phi) is 1.77. The number of carbonyl (C=O) groups is 1. The quantitative estimate of drug-likeness (QED) is 0.646. The maximum atomic E-state index is 11.3. The number of fused-ring (bicyclic) bond motifs is 2. The van der Waals surface area contributed by atoms with Crippen LogP contribution in [-0.2, 0) is 4.79 Å². The molecule has 0 fully saturated rings. The average molecular weight is 211 g/mol. The van der Waals surface area contributed by atoms with Gasteiger partial charge in [-0.15, -0.1) is 0 Å². The molecule has 3 rings (SSSR count). The predicted molar refractivity (Wildman–Crippen MR) is 62.0 cm³/mol. The van der Waals surface area contributed by atoms with Crippen LogP contribution in [0.1, 0.15) is 0 Å². The van der Waals surface area contributed by atoms with E-state index >= 15 is 0 Å². The zero-order chi connectivity index (χ0) is 11.1. The summed E-state index contributed by atoms with van der Waals surface area (Å²) < 4.78 is 0. The van der Waals surface area contributed by atoms with Crippen LogP contribution >= 0.6 is 0 Å². The van der Waals surface area contributed by atoms with Crippen molar-refractivity contribution in [3.05, 3.63) is 47.7 Å². The smallest absolute Gasteiger partial charge is 0.312 e. The fourth-order valence-electron chi connectivity index (χ4n) is 1.88. The molecule has 2 aliphatic carbocycles. The Morgan fingerprint density at radius 1 is 1.25 bits per heavy atom. The van der Waals surface area contributed by atoms with Crippen LogP contribution in [0, 0.1) is 5.92 Å². The van der Waals surface area contributed by atoms with Crippen molar-refractivity contribution in [3.8, 4) is 0 Å². The lowest BCUT2D eigenvalue weighted by Crippen LogP contribution is -2.29. The van der Waals surface area contributed by atoms with E-state index in [1.165, 1.54) is 0 Å². The van der Waals surface area contributed by atoms with E-state index in [1.54, 1.807) is 0 Å². The molecule has 0 spiro atoms. The first-order valence-electron chi connectivity index (χ1n) is 5.00. The normalized spacial score (nSPS) is 26.2. The van der Waals surface area contributed by atoms with Gasteiger partial charge in [-0.05, 0) is 17.7 Å². The van der Waals surface area contributed by atoms with E-state index in [2.05, 4.69) is 16.1 Å². The summed E-state index contributed by atoms with van der Waals surface area (Å²) in [4.78, 5) is 19.2. The maximum absolute atomic E-state index is 11.3. The Balaban J connectivity index is 2.10. The van der Waals surface area contributed by atoms with Crippen molar-refractivity contribution in [3.63, 3.8) is 0 Å². The highest BCUT2D eigenvalue weighted by Crippen LogP contribution is 2.28. The molecule has 1 atom stereocenters. The van der Waals surface area contributed by atoms with Gasteiger partial charge in [0.15, 0.2) is 5.84 Å². The van der Waals surface area contributed by atoms with Gasteiger partial charge >= 0.3 is 5.91 Å². The first-order chi connectivity index (χ1) is 7.74. The molecule has 16 heavy (non-hydrogen) atoms. The van der Waals surface area contributed by atoms with Crippen molar-refractivity contribution >= 4 is 17.5 Å². The zero-order valence-corrected chi connectivity index (χ0v) is 8.42.